The molecule has 4 rings (SSSR count). The number of aromatic nitrogens is 2. The number of benzene rings is 2. The van der Waals surface area contributed by atoms with Crippen molar-refractivity contribution in [3.63, 3.8) is 0 Å². The van der Waals surface area contributed by atoms with Crippen LogP contribution < -0.4 is 9.47 Å². The van der Waals surface area contributed by atoms with Crippen LogP contribution in [0.5, 0.6) is 11.5 Å². The van der Waals surface area contributed by atoms with Gasteiger partial charge in [0.25, 0.3) is 0 Å². The molecule has 1 aliphatic heterocycles. The molecule has 6 heteroatoms. The smallest absolute Gasteiger partial charge is 0.227 e. The summed E-state index contributed by atoms with van der Waals surface area (Å²) >= 11 is 0. The molecule has 2 heterocycles. The summed E-state index contributed by atoms with van der Waals surface area (Å²) in [5, 5.41) is 4.67. The minimum Gasteiger partial charge on any atom is -0.486 e. The van der Waals surface area contributed by atoms with Crippen molar-refractivity contribution in [3.8, 4) is 17.2 Å². The summed E-state index contributed by atoms with van der Waals surface area (Å²) in [6.45, 7) is 8.17. The lowest BCUT2D eigenvalue weighted by Gasteiger charge is -2.25. The van der Waals surface area contributed by atoms with E-state index in [1.165, 1.54) is 0 Å². The van der Waals surface area contributed by atoms with Gasteiger partial charge in [-0.2, -0.15) is 5.10 Å². The highest BCUT2D eigenvalue weighted by molar-refractivity contribution is 5.79. The van der Waals surface area contributed by atoms with E-state index in [-0.39, 0.29) is 5.91 Å². The number of carbonyl (C=O) groups excluding carboxylic acids is 1. The summed E-state index contributed by atoms with van der Waals surface area (Å²) < 4.78 is 13.4. The van der Waals surface area contributed by atoms with Crippen LogP contribution in [0.3, 0.4) is 0 Å². The van der Waals surface area contributed by atoms with Gasteiger partial charge in [0, 0.05) is 29.9 Å². The van der Waals surface area contributed by atoms with Gasteiger partial charge in [-0.05, 0) is 39.0 Å². The molecule has 30 heavy (non-hydrogen) atoms. The van der Waals surface area contributed by atoms with Crippen molar-refractivity contribution in [3.05, 3.63) is 71.0 Å². The predicted molar refractivity (Wildman–Crippen MR) is 115 cm³/mol. The normalized spacial score (nSPS) is 12.6. The maximum Gasteiger partial charge on any atom is 0.227 e. The van der Waals surface area contributed by atoms with Crippen molar-refractivity contribution in [2.45, 2.75) is 33.7 Å². The molecule has 2 aromatic carbocycles. The third kappa shape index (κ3) is 3.90. The van der Waals surface area contributed by atoms with E-state index in [2.05, 4.69) is 5.10 Å². The molecule has 3 aromatic rings. The molecular weight excluding hydrogens is 378 g/mol. The van der Waals surface area contributed by atoms with E-state index in [0.717, 1.165) is 39.7 Å². The molecule has 0 atom stereocenters. The number of amides is 1. The number of ether oxygens (including phenoxy) is 2. The first-order valence-electron chi connectivity index (χ1n) is 10.3. The highest BCUT2D eigenvalue weighted by atomic mass is 16.6. The van der Waals surface area contributed by atoms with Crippen molar-refractivity contribution in [1.82, 2.24) is 14.7 Å². The van der Waals surface area contributed by atoms with Crippen molar-refractivity contribution >= 4 is 5.91 Å². The Balaban J connectivity index is 1.54. The first kappa shape index (κ1) is 20.0. The highest BCUT2D eigenvalue weighted by Gasteiger charge is 2.22. The van der Waals surface area contributed by atoms with Crippen LogP contribution in [0.25, 0.3) is 5.69 Å². The number of nitrogens with zero attached hydrogens (tertiary/aromatic N) is 3. The molecule has 1 aromatic heterocycles. The zero-order chi connectivity index (χ0) is 21.1. The SMILES string of the molecule is CCN(Cc1cccc2c1OCCO2)C(=O)Cc1c(C)nn(-c2ccccc2)c1C. The minimum absolute atomic E-state index is 0.0747. The van der Waals surface area contributed by atoms with E-state index in [0.29, 0.717) is 32.7 Å². The largest absolute Gasteiger partial charge is 0.486 e. The molecule has 0 spiro atoms. The fraction of sp³-hybridized carbons (Fsp3) is 0.333. The Labute approximate surface area is 177 Å². The first-order valence-corrected chi connectivity index (χ1v) is 10.3. The van der Waals surface area contributed by atoms with Crippen LogP contribution in [0.4, 0.5) is 0 Å². The predicted octanol–water partition coefficient (Wildman–Crippen LogP) is 3.85. The van der Waals surface area contributed by atoms with Gasteiger partial charge < -0.3 is 14.4 Å². The molecule has 0 saturated heterocycles. The molecule has 156 valence electrons. The molecule has 0 radical (unpaired) electrons. The van der Waals surface area contributed by atoms with Crippen LogP contribution >= 0.6 is 0 Å². The zero-order valence-corrected chi connectivity index (χ0v) is 17.7. The summed E-state index contributed by atoms with van der Waals surface area (Å²) in [6.07, 6.45) is 0.324. The summed E-state index contributed by atoms with van der Waals surface area (Å²) in [4.78, 5) is 15.0. The van der Waals surface area contributed by atoms with Crippen molar-refractivity contribution < 1.29 is 14.3 Å². The third-order valence-corrected chi connectivity index (χ3v) is 5.51. The van der Waals surface area contributed by atoms with Crippen LogP contribution in [0.2, 0.25) is 0 Å². The van der Waals surface area contributed by atoms with Crippen LogP contribution in [0, 0.1) is 13.8 Å². The molecule has 0 unspecified atom stereocenters. The summed E-state index contributed by atoms with van der Waals surface area (Å²) in [5.41, 5.74) is 4.83. The lowest BCUT2D eigenvalue weighted by molar-refractivity contribution is -0.130. The van der Waals surface area contributed by atoms with Gasteiger partial charge in [-0.25, -0.2) is 4.68 Å². The Bertz CT molecular complexity index is 1040. The Morgan fingerprint density at radius 3 is 2.60 bits per heavy atom. The van der Waals surface area contributed by atoms with E-state index >= 15 is 0 Å². The van der Waals surface area contributed by atoms with Gasteiger partial charge in [0.05, 0.1) is 17.8 Å². The molecule has 0 N–H and O–H groups in total. The number of aryl methyl sites for hydroxylation is 1. The quantitative estimate of drug-likeness (QED) is 0.625. The second-order valence-electron chi connectivity index (χ2n) is 7.42. The van der Waals surface area contributed by atoms with Crippen molar-refractivity contribution in [2.75, 3.05) is 19.8 Å². The third-order valence-electron chi connectivity index (χ3n) is 5.51. The van der Waals surface area contributed by atoms with E-state index < -0.39 is 0 Å². The highest BCUT2D eigenvalue weighted by Crippen LogP contribution is 2.34. The molecule has 1 amide bonds. The molecule has 0 aliphatic carbocycles. The molecule has 0 bridgehead atoms. The zero-order valence-electron chi connectivity index (χ0n) is 17.7. The fourth-order valence-corrected chi connectivity index (χ4v) is 3.86. The number of rotatable bonds is 6. The van der Waals surface area contributed by atoms with Crippen molar-refractivity contribution in [2.24, 2.45) is 0 Å². The summed E-state index contributed by atoms with van der Waals surface area (Å²) in [5.74, 6) is 1.57. The number of likely N-dealkylation sites (N-methyl/N-ethyl adjacent to an activating group) is 1. The van der Waals surface area contributed by atoms with Gasteiger partial charge >= 0.3 is 0 Å². The number of carbonyl (C=O) groups is 1. The van der Waals surface area contributed by atoms with Crippen LogP contribution in [-0.2, 0) is 17.8 Å². The maximum atomic E-state index is 13.2. The second-order valence-corrected chi connectivity index (χ2v) is 7.42. The van der Waals surface area contributed by atoms with Gasteiger partial charge in [-0.15, -0.1) is 0 Å². The molecule has 0 saturated carbocycles. The molecule has 6 nitrogen and oxygen atoms in total. The average molecular weight is 405 g/mol. The first-order chi connectivity index (χ1) is 14.6. The Kier molecular flexibility index (Phi) is 5.74. The number of hydrogen-bond acceptors (Lipinski definition) is 4. The monoisotopic (exact) mass is 405 g/mol. The Morgan fingerprint density at radius 1 is 1.07 bits per heavy atom. The second kappa shape index (κ2) is 8.61. The van der Waals surface area contributed by atoms with Crippen LogP contribution in [0.1, 0.15) is 29.4 Å². The number of hydrogen-bond donors (Lipinski definition) is 0. The average Bonchev–Trinajstić information content (AvgIpc) is 3.06. The van der Waals surface area contributed by atoms with Gasteiger partial charge in [-0.3, -0.25) is 4.79 Å². The lowest BCUT2D eigenvalue weighted by atomic mass is 10.1. The van der Waals surface area contributed by atoms with E-state index in [1.807, 2.05) is 78.9 Å². The minimum atomic E-state index is 0.0747. The van der Waals surface area contributed by atoms with Crippen LogP contribution in [-0.4, -0.2) is 40.3 Å². The lowest BCUT2D eigenvalue weighted by Crippen LogP contribution is -2.32. The molecule has 1 aliphatic rings. The van der Waals surface area contributed by atoms with Crippen LogP contribution in [0.15, 0.2) is 48.5 Å². The molecular formula is C24H27N3O3. The van der Waals surface area contributed by atoms with Gasteiger partial charge in [0.1, 0.15) is 13.2 Å². The number of fused-ring (bicyclic) bond motifs is 1. The maximum absolute atomic E-state index is 13.2. The van der Waals surface area contributed by atoms with E-state index in [9.17, 15) is 4.79 Å². The summed E-state index contributed by atoms with van der Waals surface area (Å²) in [7, 11) is 0. The topological polar surface area (TPSA) is 56.6 Å². The van der Waals surface area contributed by atoms with E-state index in [1.54, 1.807) is 0 Å². The van der Waals surface area contributed by atoms with E-state index in [4.69, 9.17) is 9.47 Å². The summed E-state index contributed by atoms with van der Waals surface area (Å²) in [6, 6.07) is 15.8. The Morgan fingerprint density at radius 2 is 1.83 bits per heavy atom. The Hall–Kier alpha value is -3.28. The van der Waals surface area contributed by atoms with Gasteiger partial charge in [0.2, 0.25) is 5.91 Å². The van der Waals surface area contributed by atoms with Crippen molar-refractivity contribution in [1.29, 1.82) is 0 Å². The molecule has 0 fully saturated rings. The van der Waals surface area contributed by atoms with Gasteiger partial charge in [-0.1, -0.05) is 30.3 Å². The standard InChI is InChI=1S/C24H27N3O3/c1-4-26(16-19-9-8-12-22-24(19)30-14-13-29-22)23(28)15-21-17(2)25-27(18(21)3)20-10-6-5-7-11-20/h5-12H,4,13-16H2,1-3H3. The number of para-hydroxylation sites is 2. The van der Waals surface area contributed by atoms with Gasteiger partial charge in [0.15, 0.2) is 11.5 Å². The fourth-order valence-electron chi connectivity index (χ4n) is 3.86.